The van der Waals surface area contributed by atoms with Crippen LogP contribution in [0.5, 0.6) is 0 Å². The zero-order chi connectivity index (χ0) is 17.6. The Morgan fingerprint density at radius 2 is 2.12 bits per heavy atom. The molecule has 3 aromatic rings. The van der Waals surface area contributed by atoms with Gasteiger partial charge >= 0.3 is 0 Å². The second-order valence-electron chi connectivity index (χ2n) is 5.99. The number of aryl methyl sites for hydroxylation is 2. The number of aromatic nitrogens is 1. The lowest BCUT2D eigenvalue weighted by atomic mass is 10.2. The van der Waals surface area contributed by atoms with Gasteiger partial charge in [0.2, 0.25) is 0 Å². The largest absolute Gasteiger partial charge is 0.462 e. The van der Waals surface area contributed by atoms with E-state index in [0.717, 1.165) is 21.8 Å². The van der Waals surface area contributed by atoms with Gasteiger partial charge in [-0.15, -0.1) is 0 Å². The monoisotopic (exact) mass is 373 g/mol. The molecule has 1 aromatic carbocycles. The molecule has 25 heavy (non-hydrogen) atoms. The molecule has 1 aliphatic heterocycles. The third kappa shape index (κ3) is 3.03. The molecule has 0 spiro atoms. The Balaban J connectivity index is 1.71. The van der Waals surface area contributed by atoms with Gasteiger partial charge in [-0.05, 0) is 43.7 Å². The van der Waals surface area contributed by atoms with Crippen molar-refractivity contribution in [1.29, 1.82) is 0 Å². The van der Waals surface area contributed by atoms with E-state index >= 15 is 0 Å². The van der Waals surface area contributed by atoms with Crippen molar-refractivity contribution in [2.75, 3.05) is 11.6 Å². The average Bonchev–Trinajstić information content (AvgIpc) is 3.14. The molecule has 0 bridgehead atoms. The quantitative estimate of drug-likeness (QED) is 0.694. The fraction of sp³-hybridized carbons (Fsp3) is 0.222. The van der Waals surface area contributed by atoms with Gasteiger partial charge in [0.25, 0.3) is 5.56 Å². The molecule has 0 fully saturated rings. The van der Waals surface area contributed by atoms with Gasteiger partial charge in [0, 0.05) is 16.8 Å². The third-order valence-electron chi connectivity index (χ3n) is 4.13. The predicted molar refractivity (Wildman–Crippen MR) is 99.9 cm³/mol. The summed E-state index contributed by atoms with van der Waals surface area (Å²) in [5, 5.41) is 0.711. The van der Waals surface area contributed by atoms with Crippen molar-refractivity contribution in [2.24, 2.45) is 4.99 Å². The van der Waals surface area contributed by atoms with Crippen LogP contribution in [0.4, 0.5) is 5.69 Å². The van der Waals surface area contributed by atoms with Crippen molar-refractivity contribution in [3.8, 4) is 0 Å². The normalized spacial score (nSPS) is 14.5. The fourth-order valence-corrected chi connectivity index (χ4v) is 3.83. The van der Waals surface area contributed by atoms with Gasteiger partial charge in [-0.25, -0.2) is 4.99 Å². The first kappa shape index (κ1) is 16.2. The summed E-state index contributed by atoms with van der Waals surface area (Å²) in [5.74, 6) is 1.50. The highest BCUT2D eigenvalue weighted by molar-refractivity contribution is 7.07. The van der Waals surface area contributed by atoms with Gasteiger partial charge in [0.1, 0.15) is 24.9 Å². The van der Waals surface area contributed by atoms with Crippen LogP contribution in [0.1, 0.15) is 17.1 Å². The topological polar surface area (TPSA) is 50.7 Å². The van der Waals surface area contributed by atoms with E-state index in [-0.39, 0.29) is 5.56 Å². The summed E-state index contributed by atoms with van der Waals surface area (Å²) in [7, 11) is 0. The molecule has 0 amide bonds. The smallest absolute Gasteiger partial charge is 0.271 e. The van der Waals surface area contributed by atoms with E-state index in [1.165, 1.54) is 11.3 Å². The van der Waals surface area contributed by atoms with E-state index in [0.29, 0.717) is 28.7 Å². The van der Waals surface area contributed by atoms with E-state index in [4.69, 9.17) is 16.0 Å². The minimum Gasteiger partial charge on any atom is -0.462 e. The van der Waals surface area contributed by atoms with Gasteiger partial charge in [-0.1, -0.05) is 29.0 Å². The number of hydrogen-bond donors (Lipinski definition) is 0. The first-order valence-corrected chi connectivity index (χ1v) is 9.04. The molecule has 0 saturated heterocycles. The molecule has 128 valence electrons. The van der Waals surface area contributed by atoms with E-state index in [2.05, 4.69) is 4.99 Å². The van der Waals surface area contributed by atoms with E-state index in [1.807, 2.05) is 49.1 Å². The molecule has 4 rings (SSSR count). The summed E-state index contributed by atoms with van der Waals surface area (Å²) in [6.45, 7) is 4.80. The fourth-order valence-electron chi connectivity index (χ4n) is 2.71. The first-order valence-electron chi connectivity index (χ1n) is 7.85. The number of nitrogens with zero attached hydrogens (tertiary/aromatic N) is 3. The van der Waals surface area contributed by atoms with Gasteiger partial charge in [-0.3, -0.25) is 9.36 Å². The van der Waals surface area contributed by atoms with Crippen molar-refractivity contribution in [2.45, 2.75) is 20.5 Å². The van der Waals surface area contributed by atoms with Crippen molar-refractivity contribution in [3.63, 3.8) is 0 Å². The molecule has 2 aromatic heterocycles. The van der Waals surface area contributed by atoms with Gasteiger partial charge in [0.05, 0.1) is 4.53 Å². The number of anilines is 1. The second-order valence-corrected chi connectivity index (χ2v) is 7.41. The Labute approximate surface area is 153 Å². The Bertz CT molecular complexity index is 1130. The number of thiazole rings is 1. The lowest BCUT2D eigenvalue weighted by Crippen LogP contribution is -2.42. The lowest BCUT2D eigenvalue weighted by Gasteiger charge is -2.26. The van der Waals surface area contributed by atoms with Crippen LogP contribution in [0.2, 0.25) is 5.02 Å². The molecule has 0 atom stereocenters. The predicted octanol–water partition coefficient (Wildman–Crippen LogP) is 2.66. The SMILES string of the molecule is Cc1ccc(/C=c2\sc3n(c2=O)CN(c2ccc(C)c(Cl)c2)CN=3)o1. The molecule has 5 nitrogen and oxygen atoms in total. The Morgan fingerprint density at radius 1 is 1.28 bits per heavy atom. The minimum absolute atomic E-state index is 0.0549. The number of furan rings is 1. The van der Waals surface area contributed by atoms with Crippen LogP contribution in [0, 0.1) is 13.8 Å². The summed E-state index contributed by atoms with van der Waals surface area (Å²) in [6.07, 6.45) is 1.77. The van der Waals surface area contributed by atoms with E-state index < -0.39 is 0 Å². The first-order chi connectivity index (χ1) is 12.0. The number of benzene rings is 1. The molecule has 0 radical (unpaired) electrons. The standard InChI is InChI=1S/C18H16ClN3O2S/c1-11-3-5-13(7-15(11)19)21-9-20-18-22(10-21)17(23)16(25-18)8-14-6-4-12(2)24-14/h3-8H,9-10H2,1-2H3/b16-8-. The van der Waals surface area contributed by atoms with Crippen LogP contribution in [-0.4, -0.2) is 11.2 Å². The van der Waals surface area contributed by atoms with E-state index in [9.17, 15) is 4.79 Å². The zero-order valence-corrected chi connectivity index (χ0v) is 15.4. The molecule has 7 heteroatoms. The number of rotatable bonds is 2. The molecule has 0 N–H and O–H groups in total. The Morgan fingerprint density at radius 3 is 2.84 bits per heavy atom. The second kappa shape index (κ2) is 6.20. The van der Waals surface area contributed by atoms with Gasteiger partial charge in [-0.2, -0.15) is 0 Å². The van der Waals surface area contributed by atoms with Crippen molar-refractivity contribution < 1.29 is 4.42 Å². The maximum atomic E-state index is 12.7. The molecule has 0 saturated carbocycles. The highest BCUT2D eigenvalue weighted by Gasteiger charge is 2.16. The van der Waals surface area contributed by atoms with Crippen LogP contribution >= 0.6 is 22.9 Å². The summed E-state index contributed by atoms with van der Waals surface area (Å²) < 4.78 is 7.84. The van der Waals surface area contributed by atoms with Gasteiger partial charge in [0.15, 0.2) is 4.80 Å². The lowest BCUT2D eigenvalue weighted by molar-refractivity contribution is 0.524. The van der Waals surface area contributed by atoms with Crippen LogP contribution in [0.15, 0.2) is 44.5 Å². The molecular formula is C18H16ClN3O2S. The molecular weight excluding hydrogens is 358 g/mol. The number of fused-ring (bicyclic) bond motifs is 1. The minimum atomic E-state index is -0.0549. The molecule has 0 unspecified atom stereocenters. The zero-order valence-electron chi connectivity index (χ0n) is 13.8. The molecule has 0 aliphatic carbocycles. The van der Waals surface area contributed by atoms with E-state index in [1.54, 1.807) is 10.6 Å². The van der Waals surface area contributed by atoms with Gasteiger partial charge < -0.3 is 9.32 Å². The van der Waals surface area contributed by atoms with Crippen LogP contribution < -0.4 is 19.8 Å². The van der Waals surface area contributed by atoms with Crippen LogP contribution in [0.3, 0.4) is 0 Å². The summed E-state index contributed by atoms with van der Waals surface area (Å²) in [6, 6.07) is 9.62. The molecule has 3 heterocycles. The summed E-state index contributed by atoms with van der Waals surface area (Å²) in [4.78, 5) is 20.0. The Kier molecular flexibility index (Phi) is 4.01. The van der Waals surface area contributed by atoms with Crippen molar-refractivity contribution in [3.05, 3.63) is 72.1 Å². The Hall–Kier alpha value is -2.31. The maximum absolute atomic E-state index is 12.7. The van der Waals surface area contributed by atoms with Crippen LogP contribution in [-0.2, 0) is 6.67 Å². The highest BCUT2D eigenvalue weighted by Crippen LogP contribution is 2.23. The highest BCUT2D eigenvalue weighted by atomic mass is 35.5. The number of hydrogen-bond acceptors (Lipinski definition) is 5. The summed E-state index contributed by atoms with van der Waals surface area (Å²) in [5.41, 5.74) is 1.93. The summed E-state index contributed by atoms with van der Waals surface area (Å²) >= 11 is 7.61. The van der Waals surface area contributed by atoms with Crippen molar-refractivity contribution >= 4 is 34.7 Å². The van der Waals surface area contributed by atoms with Crippen molar-refractivity contribution in [1.82, 2.24) is 4.57 Å². The van der Waals surface area contributed by atoms with Crippen LogP contribution in [0.25, 0.3) is 6.08 Å². The molecule has 1 aliphatic rings. The maximum Gasteiger partial charge on any atom is 0.271 e. The third-order valence-corrected chi connectivity index (χ3v) is 5.58. The average molecular weight is 374 g/mol. The number of halogens is 1.